The van der Waals surface area contributed by atoms with E-state index in [1.165, 1.54) is 16.8 Å². The van der Waals surface area contributed by atoms with E-state index in [1.54, 1.807) is 25.3 Å². The number of benzene rings is 1. The lowest BCUT2D eigenvalue weighted by Gasteiger charge is -2.04. The molecule has 0 aliphatic carbocycles. The zero-order valence-corrected chi connectivity index (χ0v) is 11.2. The van der Waals surface area contributed by atoms with Crippen molar-refractivity contribution in [2.75, 3.05) is 0 Å². The van der Waals surface area contributed by atoms with Crippen molar-refractivity contribution in [2.45, 2.75) is 13.5 Å². The summed E-state index contributed by atoms with van der Waals surface area (Å²) in [6, 6.07) is 7.95. The third-order valence-electron chi connectivity index (χ3n) is 3.25. The zero-order valence-electron chi connectivity index (χ0n) is 11.2. The van der Waals surface area contributed by atoms with Crippen LogP contribution in [-0.4, -0.2) is 25.8 Å². The first-order chi connectivity index (χ1) is 10.1. The predicted octanol–water partition coefficient (Wildman–Crippen LogP) is 2.63. The van der Waals surface area contributed by atoms with E-state index < -0.39 is 5.97 Å². The molecule has 0 saturated heterocycles. The lowest BCUT2D eigenvalue weighted by atomic mass is 10.0. The van der Waals surface area contributed by atoms with Crippen molar-refractivity contribution < 1.29 is 14.3 Å². The minimum absolute atomic E-state index is 0.246. The molecule has 0 aliphatic heterocycles. The van der Waals surface area contributed by atoms with Crippen LogP contribution in [0.25, 0.3) is 22.2 Å². The second-order valence-corrected chi connectivity index (χ2v) is 4.70. The Balaban J connectivity index is 2.22. The van der Waals surface area contributed by atoms with Gasteiger partial charge in [0.05, 0.1) is 5.69 Å². The summed E-state index contributed by atoms with van der Waals surface area (Å²) in [6.45, 7) is 1.56. The average molecular weight is 285 g/mol. The fourth-order valence-electron chi connectivity index (χ4n) is 2.39. The van der Waals surface area contributed by atoms with E-state index in [0.29, 0.717) is 11.3 Å². The number of carboxylic acids is 1. The molecule has 0 spiro atoms. The Morgan fingerprint density at radius 3 is 2.67 bits per heavy atom. The van der Waals surface area contributed by atoms with E-state index in [-0.39, 0.29) is 12.4 Å². The second-order valence-electron chi connectivity index (χ2n) is 4.70. The Labute approximate surface area is 119 Å². The highest BCUT2D eigenvalue weighted by Crippen LogP contribution is 2.29. The van der Waals surface area contributed by atoms with Gasteiger partial charge in [-0.25, -0.2) is 14.1 Å². The summed E-state index contributed by atoms with van der Waals surface area (Å²) in [5, 5.41) is 13.9. The summed E-state index contributed by atoms with van der Waals surface area (Å²) >= 11 is 0. The Morgan fingerprint density at radius 2 is 2.00 bits per heavy atom. The van der Waals surface area contributed by atoms with Gasteiger partial charge in [0.15, 0.2) is 5.65 Å². The molecule has 106 valence electrons. The van der Waals surface area contributed by atoms with Gasteiger partial charge in [0.2, 0.25) is 0 Å². The summed E-state index contributed by atoms with van der Waals surface area (Å²) in [5.41, 5.74) is 2.89. The fourth-order valence-corrected chi connectivity index (χ4v) is 2.39. The van der Waals surface area contributed by atoms with E-state index in [1.807, 2.05) is 6.07 Å². The van der Waals surface area contributed by atoms with Crippen molar-refractivity contribution in [2.24, 2.45) is 0 Å². The number of carboxylic acid groups (broad SMARTS) is 1. The SMILES string of the molecule is Cc1nn(CC(=O)O)c2nccc(-c3ccc(F)cc3)c12. The van der Waals surface area contributed by atoms with Crippen LogP contribution in [0.15, 0.2) is 36.5 Å². The second kappa shape index (κ2) is 4.97. The molecule has 21 heavy (non-hydrogen) atoms. The number of aliphatic carboxylic acids is 1. The molecule has 2 aromatic heterocycles. The molecule has 0 bridgehead atoms. The van der Waals surface area contributed by atoms with Crippen LogP contribution >= 0.6 is 0 Å². The maximum absolute atomic E-state index is 13.0. The summed E-state index contributed by atoms with van der Waals surface area (Å²) < 4.78 is 14.4. The predicted molar refractivity (Wildman–Crippen MR) is 75.3 cm³/mol. The quantitative estimate of drug-likeness (QED) is 0.803. The van der Waals surface area contributed by atoms with Gasteiger partial charge in [0, 0.05) is 11.6 Å². The Bertz CT molecular complexity index is 825. The molecule has 1 aromatic carbocycles. The number of aryl methyl sites for hydroxylation is 1. The number of carbonyl (C=O) groups is 1. The van der Waals surface area contributed by atoms with E-state index in [9.17, 15) is 9.18 Å². The molecule has 0 aliphatic rings. The molecular weight excluding hydrogens is 273 g/mol. The summed E-state index contributed by atoms with van der Waals surface area (Å²) in [4.78, 5) is 15.1. The minimum Gasteiger partial charge on any atom is -0.480 e. The van der Waals surface area contributed by atoms with Gasteiger partial charge in [-0.15, -0.1) is 0 Å². The molecule has 3 rings (SSSR count). The van der Waals surface area contributed by atoms with Gasteiger partial charge in [-0.3, -0.25) is 4.79 Å². The molecule has 0 atom stereocenters. The van der Waals surface area contributed by atoms with E-state index in [0.717, 1.165) is 16.5 Å². The van der Waals surface area contributed by atoms with Crippen molar-refractivity contribution in [1.29, 1.82) is 0 Å². The number of aromatic nitrogens is 3. The van der Waals surface area contributed by atoms with Gasteiger partial charge in [-0.1, -0.05) is 12.1 Å². The molecule has 0 saturated carbocycles. The highest BCUT2D eigenvalue weighted by atomic mass is 19.1. The van der Waals surface area contributed by atoms with Crippen molar-refractivity contribution in [3.63, 3.8) is 0 Å². The van der Waals surface area contributed by atoms with Crippen molar-refractivity contribution >= 4 is 17.0 Å². The van der Waals surface area contributed by atoms with E-state index in [4.69, 9.17) is 5.11 Å². The van der Waals surface area contributed by atoms with E-state index in [2.05, 4.69) is 10.1 Å². The number of hydrogen-bond acceptors (Lipinski definition) is 3. The summed E-state index contributed by atoms with van der Waals surface area (Å²) in [5.74, 6) is -1.28. The van der Waals surface area contributed by atoms with Crippen molar-refractivity contribution in [3.8, 4) is 11.1 Å². The number of halogens is 1. The first kappa shape index (κ1) is 13.2. The highest BCUT2D eigenvalue weighted by molar-refractivity contribution is 5.95. The number of rotatable bonds is 3. The number of pyridine rings is 1. The molecule has 1 N–H and O–H groups in total. The molecule has 0 amide bonds. The average Bonchev–Trinajstić information content (AvgIpc) is 2.76. The number of hydrogen-bond donors (Lipinski definition) is 1. The van der Waals surface area contributed by atoms with Crippen LogP contribution in [0.5, 0.6) is 0 Å². The minimum atomic E-state index is -0.978. The summed E-state index contributed by atoms with van der Waals surface area (Å²) in [6.07, 6.45) is 1.60. The van der Waals surface area contributed by atoms with Crippen LogP contribution in [0.4, 0.5) is 4.39 Å². The maximum atomic E-state index is 13.0. The number of nitrogens with zero attached hydrogens (tertiary/aromatic N) is 3. The fraction of sp³-hybridized carbons (Fsp3) is 0.133. The molecule has 3 aromatic rings. The third-order valence-corrected chi connectivity index (χ3v) is 3.25. The summed E-state index contributed by atoms with van der Waals surface area (Å²) in [7, 11) is 0. The Kier molecular flexibility index (Phi) is 3.13. The first-order valence-corrected chi connectivity index (χ1v) is 6.36. The van der Waals surface area contributed by atoms with Crippen LogP contribution < -0.4 is 0 Å². The van der Waals surface area contributed by atoms with Gasteiger partial charge >= 0.3 is 5.97 Å². The van der Waals surface area contributed by atoms with Gasteiger partial charge in [0.1, 0.15) is 12.4 Å². The molecule has 0 fully saturated rings. The topological polar surface area (TPSA) is 68.0 Å². The largest absolute Gasteiger partial charge is 0.480 e. The van der Waals surface area contributed by atoms with Crippen molar-refractivity contribution in [1.82, 2.24) is 14.8 Å². The van der Waals surface area contributed by atoms with Gasteiger partial charge in [-0.2, -0.15) is 5.10 Å². The first-order valence-electron chi connectivity index (χ1n) is 6.36. The smallest absolute Gasteiger partial charge is 0.325 e. The zero-order chi connectivity index (χ0) is 15.0. The molecule has 5 nitrogen and oxygen atoms in total. The van der Waals surface area contributed by atoms with Crippen LogP contribution in [0.1, 0.15) is 5.69 Å². The monoisotopic (exact) mass is 285 g/mol. The standard InChI is InChI=1S/C15H12FN3O2/c1-9-14-12(10-2-4-11(16)5-3-10)6-7-17-15(14)19(18-9)8-13(20)21/h2-7H,8H2,1H3,(H,20,21). The molecule has 0 radical (unpaired) electrons. The van der Waals surface area contributed by atoms with Crippen LogP contribution in [0.3, 0.4) is 0 Å². The van der Waals surface area contributed by atoms with Crippen LogP contribution in [0.2, 0.25) is 0 Å². The van der Waals surface area contributed by atoms with E-state index >= 15 is 0 Å². The van der Waals surface area contributed by atoms with Crippen LogP contribution in [0, 0.1) is 12.7 Å². The number of fused-ring (bicyclic) bond motifs is 1. The molecule has 6 heteroatoms. The Hall–Kier alpha value is -2.76. The van der Waals surface area contributed by atoms with Crippen LogP contribution in [-0.2, 0) is 11.3 Å². The molecule has 0 unspecified atom stereocenters. The highest BCUT2D eigenvalue weighted by Gasteiger charge is 2.15. The molecule has 2 heterocycles. The van der Waals surface area contributed by atoms with Gasteiger partial charge < -0.3 is 5.11 Å². The molecular formula is C15H12FN3O2. The van der Waals surface area contributed by atoms with Gasteiger partial charge in [0.25, 0.3) is 0 Å². The lowest BCUT2D eigenvalue weighted by Crippen LogP contribution is -2.10. The van der Waals surface area contributed by atoms with Gasteiger partial charge in [-0.05, 0) is 36.2 Å². The Morgan fingerprint density at radius 1 is 1.29 bits per heavy atom. The third kappa shape index (κ3) is 2.35. The lowest BCUT2D eigenvalue weighted by molar-refractivity contribution is -0.137. The normalized spacial score (nSPS) is 11.0. The maximum Gasteiger partial charge on any atom is 0.325 e. The van der Waals surface area contributed by atoms with Crippen molar-refractivity contribution in [3.05, 3.63) is 48.0 Å².